The van der Waals surface area contributed by atoms with Gasteiger partial charge in [-0.25, -0.2) is 13.9 Å². The molecule has 2 saturated heterocycles. The van der Waals surface area contributed by atoms with E-state index in [4.69, 9.17) is 9.84 Å². The van der Waals surface area contributed by atoms with E-state index in [9.17, 15) is 9.18 Å². The van der Waals surface area contributed by atoms with Crippen LogP contribution >= 0.6 is 11.3 Å². The third-order valence-corrected chi connectivity index (χ3v) is 7.10. The monoisotopic (exact) mass is 458 g/mol. The Kier molecular flexibility index (Phi) is 6.07. The number of fused-ring (bicyclic) bond motifs is 1. The number of aromatic nitrogens is 3. The normalized spacial score (nSPS) is 20.2. The Morgan fingerprint density at radius 3 is 2.69 bits per heavy atom. The molecule has 1 aromatic carbocycles. The molecule has 0 radical (unpaired) electrons. The van der Waals surface area contributed by atoms with Crippen molar-refractivity contribution in [1.29, 1.82) is 0 Å². The van der Waals surface area contributed by atoms with Gasteiger partial charge in [-0.2, -0.15) is 0 Å². The molecule has 2 aliphatic heterocycles. The van der Waals surface area contributed by atoms with E-state index in [1.54, 1.807) is 28.0 Å². The van der Waals surface area contributed by atoms with Gasteiger partial charge >= 0.3 is 0 Å². The smallest absolute Gasteiger partial charge is 0.236 e. The molecular formula is C22H27FN6O2S. The van der Waals surface area contributed by atoms with Gasteiger partial charge in [-0.3, -0.25) is 9.69 Å². The Morgan fingerprint density at radius 2 is 1.97 bits per heavy atom. The average molecular weight is 459 g/mol. The summed E-state index contributed by atoms with van der Waals surface area (Å²) in [5, 5.41) is 5.63. The maximum Gasteiger partial charge on any atom is 0.236 e. The van der Waals surface area contributed by atoms with Crippen molar-refractivity contribution in [2.45, 2.75) is 19.4 Å². The van der Waals surface area contributed by atoms with E-state index in [2.05, 4.69) is 21.7 Å². The summed E-state index contributed by atoms with van der Waals surface area (Å²) in [7, 11) is 0. The fourth-order valence-corrected chi connectivity index (χ4v) is 5.09. The van der Waals surface area contributed by atoms with Gasteiger partial charge in [0.25, 0.3) is 0 Å². The molecule has 2 fully saturated rings. The molecule has 1 amide bonds. The zero-order valence-electron chi connectivity index (χ0n) is 18.1. The van der Waals surface area contributed by atoms with E-state index in [1.165, 1.54) is 12.1 Å². The third-order valence-electron chi connectivity index (χ3n) is 6.12. The number of piperazine rings is 1. The molecule has 0 aliphatic carbocycles. The summed E-state index contributed by atoms with van der Waals surface area (Å²) in [5.74, 6) is -0.0626. The van der Waals surface area contributed by atoms with Crippen molar-refractivity contribution in [3.05, 3.63) is 36.3 Å². The van der Waals surface area contributed by atoms with Crippen LogP contribution < -0.4 is 4.90 Å². The van der Waals surface area contributed by atoms with Gasteiger partial charge in [-0.1, -0.05) is 18.3 Å². The van der Waals surface area contributed by atoms with Crippen LogP contribution in [-0.4, -0.2) is 88.8 Å². The molecule has 32 heavy (non-hydrogen) atoms. The lowest BCUT2D eigenvalue weighted by molar-refractivity contribution is -0.140. The number of hydrogen-bond donors (Lipinski definition) is 0. The molecule has 1 atom stereocenters. The SMILES string of the molecule is CCC1CN(C(=O)CN2CCN(c3nn4cc(-c5ccc(F)cc5)nc4s3)CC2)CCO1. The highest BCUT2D eigenvalue weighted by Crippen LogP contribution is 2.27. The second kappa shape index (κ2) is 9.13. The molecule has 4 heterocycles. The third kappa shape index (κ3) is 4.48. The van der Waals surface area contributed by atoms with E-state index < -0.39 is 0 Å². The van der Waals surface area contributed by atoms with Crippen molar-refractivity contribution in [2.75, 3.05) is 57.3 Å². The van der Waals surface area contributed by atoms with Crippen LogP contribution in [0.3, 0.4) is 0 Å². The molecule has 3 aromatic rings. The summed E-state index contributed by atoms with van der Waals surface area (Å²) in [6.07, 6.45) is 2.98. The Hall–Kier alpha value is -2.56. The number of halogens is 1. The summed E-state index contributed by atoms with van der Waals surface area (Å²) in [5.41, 5.74) is 1.65. The van der Waals surface area contributed by atoms with Crippen LogP contribution in [-0.2, 0) is 9.53 Å². The minimum atomic E-state index is -0.258. The highest BCUT2D eigenvalue weighted by molar-refractivity contribution is 7.20. The largest absolute Gasteiger partial charge is 0.375 e. The topological polar surface area (TPSA) is 66.2 Å². The summed E-state index contributed by atoms with van der Waals surface area (Å²) in [6.45, 7) is 7.90. The first-order valence-corrected chi connectivity index (χ1v) is 11.9. The summed E-state index contributed by atoms with van der Waals surface area (Å²) in [4.78, 5) is 24.6. The number of amides is 1. The minimum Gasteiger partial charge on any atom is -0.375 e. The first-order chi connectivity index (χ1) is 15.6. The fraction of sp³-hybridized carbons (Fsp3) is 0.500. The van der Waals surface area contributed by atoms with E-state index in [0.29, 0.717) is 26.2 Å². The van der Waals surface area contributed by atoms with Crippen LogP contribution in [0.5, 0.6) is 0 Å². The van der Waals surface area contributed by atoms with E-state index >= 15 is 0 Å². The quantitative estimate of drug-likeness (QED) is 0.585. The van der Waals surface area contributed by atoms with Crippen LogP contribution in [0.2, 0.25) is 0 Å². The second-order valence-corrected chi connectivity index (χ2v) is 9.18. The average Bonchev–Trinajstić information content (AvgIpc) is 3.40. The molecule has 170 valence electrons. The molecule has 0 saturated carbocycles. The Bertz CT molecular complexity index is 1040. The van der Waals surface area contributed by atoms with Crippen molar-refractivity contribution < 1.29 is 13.9 Å². The number of anilines is 1. The van der Waals surface area contributed by atoms with Crippen molar-refractivity contribution in [3.63, 3.8) is 0 Å². The van der Waals surface area contributed by atoms with Gasteiger partial charge in [0.2, 0.25) is 16.0 Å². The van der Waals surface area contributed by atoms with Gasteiger partial charge in [0.05, 0.1) is 31.1 Å². The van der Waals surface area contributed by atoms with Crippen LogP contribution in [0.25, 0.3) is 16.2 Å². The fourth-order valence-electron chi connectivity index (χ4n) is 4.16. The standard InChI is InChI=1S/C22H27FN6O2S/c1-2-18-13-28(11-12-31-18)20(30)15-26-7-9-27(10-8-26)22-25-29-14-19(24-21(29)32-22)16-3-5-17(23)6-4-16/h3-6,14,18H,2,7-13,15H2,1H3. The molecule has 8 nitrogen and oxygen atoms in total. The Balaban J connectivity index is 1.17. The zero-order chi connectivity index (χ0) is 22.1. The molecular weight excluding hydrogens is 431 g/mol. The minimum absolute atomic E-state index is 0.164. The lowest BCUT2D eigenvalue weighted by atomic mass is 10.2. The molecule has 10 heteroatoms. The number of carbonyl (C=O) groups excluding carboxylic acids is 1. The van der Waals surface area contributed by atoms with Gasteiger partial charge in [0, 0.05) is 44.8 Å². The van der Waals surface area contributed by atoms with Crippen molar-refractivity contribution in [1.82, 2.24) is 24.4 Å². The van der Waals surface area contributed by atoms with Crippen LogP contribution in [0.15, 0.2) is 30.5 Å². The van der Waals surface area contributed by atoms with Crippen LogP contribution in [0.4, 0.5) is 9.52 Å². The van der Waals surface area contributed by atoms with Crippen molar-refractivity contribution >= 4 is 27.3 Å². The number of morpholine rings is 1. The molecule has 0 N–H and O–H groups in total. The molecule has 2 aliphatic rings. The summed E-state index contributed by atoms with van der Waals surface area (Å²) < 4.78 is 20.6. The number of hydrogen-bond acceptors (Lipinski definition) is 7. The summed E-state index contributed by atoms with van der Waals surface area (Å²) >= 11 is 1.55. The lowest BCUT2D eigenvalue weighted by Gasteiger charge is -2.37. The van der Waals surface area contributed by atoms with Gasteiger partial charge in [0.1, 0.15) is 5.82 Å². The van der Waals surface area contributed by atoms with Crippen molar-refractivity contribution in [2.24, 2.45) is 0 Å². The Morgan fingerprint density at radius 1 is 1.19 bits per heavy atom. The molecule has 5 rings (SSSR count). The molecule has 0 bridgehead atoms. The number of rotatable bonds is 5. The molecule has 1 unspecified atom stereocenters. The van der Waals surface area contributed by atoms with Gasteiger partial charge < -0.3 is 14.5 Å². The maximum absolute atomic E-state index is 13.2. The van der Waals surface area contributed by atoms with Gasteiger partial charge in [-0.15, -0.1) is 5.10 Å². The highest BCUT2D eigenvalue weighted by Gasteiger charge is 2.27. The molecule has 0 spiro atoms. The van der Waals surface area contributed by atoms with E-state index in [1.807, 2.05) is 11.1 Å². The lowest BCUT2D eigenvalue weighted by Crippen LogP contribution is -2.52. The highest BCUT2D eigenvalue weighted by atomic mass is 32.1. The number of carbonyl (C=O) groups is 1. The summed E-state index contributed by atoms with van der Waals surface area (Å²) in [6, 6.07) is 6.32. The maximum atomic E-state index is 13.2. The number of ether oxygens (including phenoxy) is 1. The molecule has 2 aromatic heterocycles. The van der Waals surface area contributed by atoms with Crippen LogP contribution in [0.1, 0.15) is 13.3 Å². The van der Waals surface area contributed by atoms with Gasteiger partial charge in [0.15, 0.2) is 0 Å². The predicted molar refractivity (Wildman–Crippen MR) is 122 cm³/mol. The van der Waals surface area contributed by atoms with E-state index in [0.717, 1.165) is 53.9 Å². The van der Waals surface area contributed by atoms with Crippen LogP contribution in [0, 0.1) is 5.82 Å². The Labute approximate surface area is 190 Å². The second-order valence-electron chi connectivity index (χ2n) is 8.25. The zero-order valence-corrected chi connectivity index (χ0v) is 18.9. The van der Waals surface area contributed by atoms with Crippen molar-refractivity contribution in [3.8, 4) is 11.3 Å². The van der Waals surface area contributed by atoms with E-state index in [-0.39, 0.29) is 17.8 Å². The first-order valence-electron chi connectivity index (χ1n) is 11.1. The number of imidazole rings is 1. The number of nitrogens with zero attached hydrogens (tertiary/aromatic N) is 6. The number of benzene rings is 1. The first kappa shape index (κ1) is 21.3. The van der Waals surface area contributed by atoms with Gasteiger partial charge in [-0.05, 0) is 30.7 Å². The predicted octanol–water partition coefficient (Wildman–Crippen LogP) is 2.36.